The van der Waals surface area contributed by atoms with Crippen LogP contribution in [0.2, 0.25) is 0 Å². The molecule has 2 aromatic carbocycles. The first-order valence-corrected chi connectivity index (χ1v) is 13.1. The number of benzene rings is 2. The molecule has 4 rings (SSSR count). The van der Waals surface area contributed by atoms with Crippen LogP contribution in [0.25, 0.3) is 0 Å². The van der Waals surface area contributed by atoms with Gasteiger partial charge in [-0.25, -0.2) is 0 Å². The second kappa shape index (κ2) is 10.7. The number of hydrogen-bond donors (Lipinski definition) is 0. The lowest BCUT2D eigenvalue weighted by atomic mass is 9.99. The van der Waals surface area contributed by atoms with Crippen LogP contribution in [-0.4, -0.2) is 54.0 Å². The van der Waals surface area contributed by atoms with Crippen molar-refractivity contribution in [3.05, 3.63) is 81.5 Å². The second-order valence-corrected chi connectivity index (χ2v) is 11.1. The zero-order valence-electron chi connectivity index (χ0n) is 21.6. The molecule has 1 aliphatic heterocycles. The van der Waals surface area contributed by atoms with Gasteiger partial charge in [0, 0.05) is 22.5 Å². The van der Waals surface area contributed by atoms with Crippen molar-refractivity contribution in [3.8, 4) is 11.5 Å². The third-order valence-electron chi connectivity index (χ3n) is 6.51. The average Bonchev–Trinajstić information content (AvgIpc) is 3.35. The first-order chi connectivity index (χ1) is 17.2. The molecule has 0 radical (unpaired) electrons. The summed E-state index contributed by atoms with van der Waals surface area (Å²) >= 11 is 1.72. The molecule has 190 valence electrons. The fraction of sp³-hybridized carbons (Fsp3) is 0.379. The Morgan fingerprint density at radius 2 is 1.83 bits per heavy atom. The summed E-state index contributed by atoms with van der Waals surface area (Å²) in [4.78, 5) is 32.1. The summed E-state index contributed by atoms with van der Waals surface area (Å²) in [6.07, 6.45) is 0.805. The van der Waals surface area contributed by atoms with Crippen molar-refractivity contribution in [3.63, 3.8) is 0 Å². The lowest BCUT2D eigenvalue weighted by Crippen LogP contribution is -2.53. The highest BCUT2D eigenvalue weighted by molar-refractivity contribution is 7.10. The molecule has 1 aromatic heterocycles. The molecule has 0 bridgehead atoms. The fourth-order valence-corrected chi connectivity index (χ4v) is 5.36. The maximum Gasteiger partial charge on any atom is 0.254 e. The van der Waals surface area contributed by atoms with E-state index in [4.69, 9.17) is 9.47 Å². The predicted octanol–water partition coefficient (Wildman–Crippen LogP) is 5.51. The van der Waals surface area contributed by atoms with Crippen LogP contribution in [0.1, 0.15) is 53.2 Å². The number of hydrogen-bond acceptors (Lipinski definition) is 5. The van der Waals surface area contributed by atoms with Gasteiger partial charge >= 0.3 is 0 Å². The minimum atomic E-state index is -0.549. The first kappa shape index (κ1) is 25.8. The first-order valence-electron chi connectivity index (χ1n) is 12.2. The van der Waals surface area contributed by atoms with Gasteiger partial charge in [-0.05, 0) is 81.5 Å². The Morgan fingerprint density at radius 3 is 2.53 bits per heavy atom. The van der Waals surface area contributed by atoms with E-state index in [1.54, 1.807) is 47.6 Å². The number of rotatable bonds is 7. The average molecular weight is 507 g/mol. The Bertz CT molecular complexity index is 1210. The largest absolute Gasteiger partial charge is 0.497 e. The molecule has 0 saturated heterocycles. The normalized spacial score (nSPS) is 15.2. The third kappa shape index (κ3) is 5.73. The molecule has 1 unspecified atom stereocenters. The van der Waals surface area contributed by atoms with E-state index in [1.165, 1.54) is 10.4 Å². The van der Waals surface area contributed by atoms with Gasteiger partial charge < -0.3 is 19.3 Å². The molecule has 0 N–H and O–H groups in total. The Kier molecular flexibility index (Phi) is 7.69. The van der Waals surface area contributed by atoms with Gasteiger partial charge in [0.15, 0.2) is 0 Å². The van der Waals surface area contributed by atoms with Crippen LogP contribution in [0.5, 0.6) is 11.5 Å². The quantitative estimate of drug-likeness (QED) is 0.424. The molecule has 36 heavy (non-hydrogen) atoms. The molecule has 0 spiro atoms. The molecular weight excluding hydrogens is 472 g/mol. The summed E-state index contributed by atoms with van der Waals surface area (Å²) in [6.45, 7) is 8.82. The standard InChI is InChI=1S/C29H34N2O4S/c1-20-9-11-22(12-10-20)35-19-25-24-14-16-36-26(24)13-15-30(25)27(32)18-31(29(2,3)4)28(33)21-7-6-8-23(17-21)34-5/h6-12,14,16-17,25H,13,15,18-19H2,1-5H3. The van der Waals surface area contributed by atoms with Crippen molar-refractivity contribution < 1.29 is 19.1 Å². The Labute approximate surface area is 217 Å². The molecule has 2 amide bonds. The number of nitrogens with zero attached hydrogens (tertiary/aromatic N) is 2. The third-order valence-corrected chi connectivity index (χ3v) is 7.51. The number of methoxy groups -OCH3 is 1. The molecule has 0 fully saturated rings. The number of amides is 2. The SMILES string of the molecule is COc1cccc(C(=O)N(CC(=O)N2CCc3sccc3C2COc2ccc(C)cc2)C(C)(C)C)c1. The van der Waals surface area contributed by atoms with E-state index in [9.17, 15) is 9.59 Å². The van der Waals surface area contributed by atoms with Crippen LogP contribution in [0.3, 0.4) is 0 Å². The Morgan fingerprint density at radius 1 is 1.08 bits per heavy atom. The second-order valence-electron chi connectivity index (χ2n) is 10.1. The zero-order chi connectivity index (χ0) is 25.9. The Hall–Kier alpha value is -3.32. The van der Waals surface area contributed by atoms with Gasteiger partial charge in [-0.2, -0.15) is 0 Å². The smallest absolute Gasteiger partial charge is 0.254 e. The summed E-state index contributed by atoms with van der Waals surface area (Å²) in [5.74, 6) is 1.10. The van der Waals surface area contributed by atoms with E-state index in [2.05, 4.69) is 11.4 Å². The highest BCUT2D eigenvalue weighted by Crippen LogP contribution is 2.34. The van der Waals surface area contributed by atoms with Gasteiger partial charge in [-0.15, -0.1) is 11.3 Å². The molecule has 3 aromatic rings. The summed E-state index contributed by atoms with van der Waals surface area (Å²) in [5.41, 5.74) is 2.25. The summed E-state index contributed by atoms with van der Waals surface area (Å²) in [7, 11) is 1.57. The van der Waals surface area contributed by atoms with Gasteiger partial charge in [-0.1, -0.05) is 23.8 Å². The lowest BCUT2D eigenvalue weighted by molar-refractivity contribution is -0.136. The number of carbonyl (C=O) groups excluding carboxylic acids is 2. The van der Waals surface area contributed by atoms with Gasteiger partial charge in [0.1, 0.15) is 24.7 Å². The van der Waals surface area contributed by atoms with Crippen LogP contribution >= 0.6 is 11.3 Å². The maximum atomic E-state index is 13.8. The number of thiophene rings is 1. The van der Waals surface area contributed by atoms with E-state index < -0.39 is 5.54 Å². The molecule has 1 atom stereocenters. The summed E-state index contributed by atoms with van der Waals surface area (Å²) in [6, 6.07) is 16.9. The van der Waals surface area contributed by atoms with Gasteiger partial charge in [0.2, 0.25) is 5.91 Å². The molecule has 2 heterocycles. The van der Waals surface area contributed by atoms with Crippen molar-refractivity contribution in [2.45, 2.75) is 45.7 Å². The topological polar surface area (TPSA) is 59.1 Å². The minimum absolute atomic E-state index is 0.0138. The van der Waals surface area contributed by atoms with Crippen molar-refractivity contribution >= 4 is 23.2 Å². The van der Waals surface area contributed by atoms with Crippen LogP contribution < -0.4 is 9.47 Å². The highest BCUT2D eigenvalue weighted by atomic mass is 32.1. The number of ether oxygens (including phenoxy) is 2. The van der Waals surface area contributed by atoms with E-state index in [-0.39, 0.29) is 24.4 Å². The summed E-state index contributed by atoms with van der Waals surface area (Å²) < 4.78 is 11.4. The fourth-order valence-electron chi connectivity index (χ4n) is 4.44. The van der Waals surface area contributed by atoms with Crippen LogP contribution in [-0.2, 0) is 11.2 Å². The Balaban J connectivity index is 1.56. The van der Waals surface area contributed by atoms with Crippen molar-refractivity contribution in [2.75, 3.05) is 26.8 Å². The minimum Gasteiger partial charge on any atom is -0.497 e. The molecular formula is C29H34N2O4S. The summed E-state index contributed by atoms with van der Waals surface area (Å²) in [5, 5.41) is 2.07. The van der Waals surface area contributed by atoms with Crippen LogP contribution in [0, 0.1) is 6.92 Å². The molecule has 0 aliphatic carbocycles. The lowest BCUT2D eigenvalue weighted by Gasteiger charge is -2.40. The van der Waals surface area contributed by atoms with Gasteiger partial charge in [0.25, 0.3) is 5.91 Å². The van der Waals surface area contributed by atoms with E-state index >= 15 is 0 Å². The van der Waals surface area contributed by atoms with Crippen LogP contribution in [0.15, 0.2) is 60.0 Å². The van der Waals surface area contributed by atoms with Crippen molar-refractivity contribution in [1.82, 2.24) is 9.80 Å². The number of fused-ring (bicyclic) bond motifs is 1. The highest BCUT2D eigenvalue weighted by Gasteiger charge is 2.36. The maximum absolute atomic E-state index is 13.8. The van der Waals surface area contributed by atoms with Crippen LogP contribution in [0.4, 0.5) is 0 Å². The number of carbonyl (C=O) groups is 2. The van der Waals surface area contributed by atoms with E-state index in [1.807, 2.05) is 56.9 Å². The molecule has 0 saturated carbocycles. The molecule has 1 aliphatic rings. The van der Waals surface area contributed by atoms with Gasteiger partial charge in [-0.3, -0.25) is 9.59 Å². The number of aryl methyl sites for hydroxylation is 1. The monoisotopic (exact) mass is 506 g/mol. The van der Waals surface area contributed by atoms with E-state index in [0.717, 1.165) is 17.7 Å². The predicted molar refractivity (Wildman–Crippen MR) is 143 cm³/mol. The zero-order valence-corrected chi connectivity index (χ0v) is 22.4. The van der Waals surface area contributed by atoms with Crippen molar-refractivity contribution in [1.29, 1.82) is 0 Å². The molecule has 7 heteroatoms. The van der Waals surface area contributed by atoms with E-state index in [0.29, 0.717) is 24.5 Å². The van der Waals surface area contributed by atoms with Crippen molar-refractivity contribution in [2.24, 2.45) is 0 Å². The van der Waals surface area contributed by atoms with Gasteiger partial charge in [0.05, 0.1) is 13.2 Å². The molecule has 6 nitrogen and oxygen atoms in total.